The van der Waals surface area contributed by atoms with Gasteiger partial charge in [-0.3, -0.25) is 0 Å². The van der Waals surface area contributed by atoms with E-state index in [0.29, 0.717) is 34.2 Å². The van der Waals surface area contributed by atoms with Crippen LogP contribution in [-0.4, -0.2) is 46.6 Å². The Morgan fingerprint density at radius 3 is 1.17 bits per heavy atom. The minimum atomic E-state index is -7.40. The number of hydrogen-bond donors (Lipinski definition) is 0. The van der Waals surface area contributed by atoms with Gasteiger partial charge in [-0.25, -0.2) is 15.0 Å². The van der Waals surface area contributed by atoms with Gasteiger partial charge in [-0.05, 0) is 23.3 Å². The molecule has 1 heterocycles. The van der Waals surface area contributed by atoms with Crippen molar-refractivity contribution in [2.45, 2.75) is 23.3 Å². The molecule has 1 aromatic heterocycles. The molecule has 47 heavy (non-hydrogen) atoms. The van der Waals surface area contributed by atoms with Gasteiger partial charge in [0.25, 0.3) is 0 Å². The first kappa shape index (κ1) is 33.4. The van der Waals surface area contributed by atoms with Gasteiger partial charge in [0.1, 0.15) is 5.75 Å². The van der Waals surface area contributed by atoms with Gasteiger partial charge in [0.05, 0.1) is 0 Å². The molecule has 16 heteroatoms. The van der Waals surface area contributed by atoms with Crippen molar-refractivity contribution < 1.29 is 52.1 Å². The number of hydrogen-bond acceptors (Lipinski definition) is 6. The predicted octanol–water partition coefficient (Wildman–Crippen LogP) is 8.67. The molecule has 0 saturated heterocycles. The third-order valence-electron chi connectivity index (χ3n) is 6.67. The summed E-state index contributed by atoms with van der Waals surface area (Å²) in [4.78, 5) is 13.8. The Balaban J connectivity index is 1.39. The molecule has 5 aromatic rings. The molecule has 0 spiro atoms. The average molecular weight is 684 g/mol. The Labute approximate surface area is 260 Å². The lowest BCUT2D eigenvalue weighted by atomic mass is 10.0. The molecular formula is C31H18F9N3O3S. The summed E-state index contributed by atoms with van der Waals surface area (Å²) < 4.78 is 146. The summed E-state index contributed by atoms with van der Waals surface area (Å²) in [5.74, 6) is -14.7. The van der Waals surface area contributed by atoms with Gasteiger partial charge in [0.2, 0.25) is 0 Å². The van der Waals surface area contributed by atoms with E-state index in [2.05, 4.69) is 19.1 Å². The molecule has 0 aliphatic heterocycles. The van der Waals surface area contributed by atoms with Gasteiger partial charge in [0, 0.05) is 16.7 Å². The van der Waals surface area contributed by atoms with Crippen LogP contribution in [0.15, 0.2) is 109 Å². The third kappa shape index (κ3) is 6.24. The Morgan fingerprint density at radius 2 is 0.787 bits per heavy atom. The largest absolute Gasteiger partial charge is 0.460 e. The Morgan fingerprint density at radius 1 is 0.447 bits per heavy atom. The first-order chi connectivity index (χ1) is 21.9. The topological polar surface area (TPSA) is 82.0 Å². The maximum atomic E-state index is 14.0. The van der Waals surface area contributed by atoms with E-state index >= 15 is 0 Å². The molecule has 0 amide bonds. The van der Waals surface area contributed by atoms with Crippen molar-refractivity contribution in [3.63, 3.8) is 0 Å². The number of aromatic nitrogens is 3. The van der Waals surface area contributed by atoms with Crippen LogP contribution in [-0.2, 0) is 10.1 Å². The lowest BCUT2D eigenvalue weighted by molar-refractivity contribution is -0.382. The number of nitrogens with zero attached hydrogens (tertiary/aromatic N) is 3. The van der Waals surface area contributed by atoms with Crippen LogP contribution in [0.4, 0.5) is 39.5 Å². The fraction of sp³-hybridized carbons (Fsp3) is 0.129. The molecule has 0 fully saturated rings. The first-order valence-electron chi connectivity index (χ1n) is 13.2. The monoisotopic (exact) mass is 683 g/mol. The highest BCUT2D eigenvalue weighted by Gasteiger charge is 2.86. The molecule has 0 saturated carbocycles. The summed E-state index contributed by atoms with van der Waals surface area (Å²) in [6.45, 7) is 0. The fourth-order valence-corrected chi connectivity index (χ4v) is 5.06. The lowest BCUT2D eigenvalue weighted by Gasteiger charge is -2.32. The van der Waals surface area contributed by atoms with Crippen LogP contribution in [0.25, 0.3) is 45.3 Å². The van der Waals surface area contributed by atoms with Crippen molar-refractivity contribution in [1.82, 2.24) is 15.0 Å². The first-order valence-corrected chi connectivity index (χ1v) is 14.6. The third-order valence-corrected chi connectivity index (χ3v) is 7.96. The normalized spacial score (nSPS) is 13.0. The number of halogens is 9. The van der Waals surface area contributed by atoms with Crippen molar-refractivity contribution in [2.24, 2.45) is 0 Å². The van der Waals surface area contributed by atoms with Crippen molar-refractivity contribution >= 4 is 10.1 Å². The molecule has 5 rings (SSSR count). The zero-order valence-electron chi connectivity index (χ0n) is 23.3. The maximum Gasteiger partial charge on any atom is 0.460 e. The Bertz CT molecular complexity index is 1920. The second kappa shape index (κ2) is 12.0. The van der Waals surface area contributed by atoms with Crippen LogP contribution in [0.3, 0.4) is 0 Å². The van der Waals surface area contributed by atoms with Crippen molar-refractivity contribution in [3.8, 4) is 51.0 Å². The van der Waals surface area contributed by atoms with Gasteiger partial charge in [-0.15, -0.1) is 0 Å². The van der Waals surface area contributed by atoms with Crippen molar-refractivity contribution in [3.05, 3.63) is 109 Å². The average Bonchev–Trinajstić information content (AvgIpc) is 3.05. The number of alkyl halides is 9. The van der Waals surface area contributed by atoms with Crippen molar-refractivity contribution in [2.75, 3.05) is 0 Å². The van der Waals surface area contributed by atoms with E-state index in [1.807, 2.05) is 60.7 Å². The van der Waals surface area contributed by atoms with Gasteiger partial charge in [-0.2, -0.15) is 47.9 Å². The van der Waals surface area contributed by atoms with Crippen LogP contribution < -0.4 is 4.18 Å². The molecule has 4 aromatic carbocycles. The highest BCUT2D eigenvalue weighted by atomic mass is 32.2. The second-order valence-corrected chi connectivity index (χ2v) is 11.4. The molecular weight excluding hydrogens is 665 g/mol. The van der Waals surface area contributed by atoms with Gasteiger partial charge in [-0.1, -0.05) is 97.1 Å². The van der Waals surface area contributed by atoms with E-state index in [9.17, 15) is 47.9 Å². The number of rotatable bonds is 9. The molecule has 0 bridgehead atoms. The molecule has 0 unspecified atom stereocenters. The lowest BCUT2D eigenvalue weighted by Crippen LogP contribution is -2.63. The zero-order chi connectivity index (χ0) is 34.3. The Kier molecular flexibility index (Phi) is 8.51. The fourth-order valence-electron chi connectivity index (χ4n) is 4.15. The van der Waals surface area contributed by atoms with Crippen LogP contribution in [0.1, 0.15) is 0 Å². The van der Waals surface area contributed by atoms with Crippen LogP contribution >= 0.6 is 0 Å². The smallest absolute Gasteiger partial charge is 0.378 e. The highest BCUT2D eigenvalue weighted by molar-refractivity contribution is 7.88. The summed E-state index contributed by atoms with van der Waals surface area (Å²) in [5, 5.41) is -6.97. The predicted molar refractivity (Wildman–Crippen MR) is 152 cm³/mol. The maximum absolute atomic E-state index is 14.0. The second-order valence-electron chi connectivity index (χ2n) is 9.84. The zero-order valence-corrected chi connectivity index (χ0v) is 24.1. The Hall–Kier alpha value is -4.99. The molecule has 0 atom stereocenters. The quantitative estimate of drug-likeness (QED) is 0.114. The SMILES string of the molecule is O=S(=O)(Oc1ccc(-c2ccc(-c3nc(-c4ccccc4)nc(-c4ccccc4)n3)cc2)cc1)C(F)(F)C(F)(F)C(F)(F)C(F)(F)F. The molecule has 0 radical (unpaired) electrons. The van der Waals surface area contributed by atoms with E-state index in [1.54, 1.807) is 24.3 Å². The van der Waals surface area contributed by atoms with E-state index in [4.69, 9.17) is 0 Å². The van der Waals surface area contributed by atoms with Crippen LogP contribution in [0.2, 0.25) is 0 Å². The highest BCUT2D eigenvalue weighted by Crippen LogP contribution is 2.55. The molecule has 244 valence electrons. The van der Waals surface area contributed by atoms with E-state index in [0.717, 1.165) is 35.4 Å². The van der Waals surface area contributed by atoms with Crippen LogP contribution in [0, 0.1) is 0 Å². The minimum Gasteiger partial charge on any atom is -0.378 e. The summed E-state index contributed by atoms with van der Waals surface area (Å²) in [6.07, 6.45) is -7.19. The van der Waals surface area contributed by atoms with Gasteiger partial charge < -0.3 is 4.18 Å². The van der Waals surface area contributed by atoms with E-state index in [1.165, 1.54) is 0 Å². The summed E-state index contributed by atoms with van der Waals surface area (Å²) in [7, 11) is -7.06. The molecule has 6 nitrogen and oxygen atoms in total. The van der Waals surface area contributed by atoms with Crippen molar-refractivity contribution in [1.29, 1.82) is 0 Å². The van der Waals surface area contributed by atoms with E-state index < -0.39 is 39.1 Å². The molecule has 0 aliphatic rings. The minimum absolute atomic E-state index is 0.326. The standard InChI is InChI=1S/C31H18F9N3O3S/c32-28(33,30(36,37)38)29(34,35)31(39,40)47(44,45)46-24-17-15-20(16-18-24)19-11-13-23(14-12-19)27-42-25(21-7-3-1-4-8-21)41-26(43-27)22-9-5-2-6-10-22/h1-18H. The summed E-state index contributed by atoms with van der Waals surface area (Å²) >= 11 is 0. The molecule has 0 N–H and O–H groups in total. The number of benzene rings is 4. The van der Waals surface area contributed by atoms with Crippen LogP contribution in [0.5, 0.6) is 5.75 Å². The molecule has 0 aliphatic carbocycles. The van der Waals surface area contributed by atoms with E-state index in [-0.39, 0.29) is 0 Å². The van der Waals surface area contributed by atoms with Gasteiger partial charge >= 0.3 is 33.4 Å². The van der Waals surface area contributed by atoms with Gasteiger partial charge in [0.15, 0.2) is 17.5 Å². The summed E-state index contributed by atoms with van der Waals surface area (Å²) in [5.41, 5.74) is 2.85. The summed E-state index contributed by atoms with van der Waals surface area (Å²) in [6, 6.07) is 28.5.